The minimum absolute atomic E-state index is 0.174. The van der Waals surface area contributed by atoms with Crippen LogP contribution in [0.3, 0.4) is 0 Å². The molecule has 0 aromatic heterocycles. The molecule has 1 unspecified atom stereocenters. The molecule has 1 N–H and O–H groups in total. The summed E-state index contributed by atoms with van der Waals surface area (Å²) in [7, 11) is 0. The van der Waals surface area contributed by atoms with Crippen molar-refractivity contribution in [3.8, 4) is 0 Å². The second kappa shape index (κ2) is 28.1. The molecule has 0 heterocycles. The molecule has 0 amide bonds. The number of aliphatic hydroxyl groups excluding tert-OH is 1. The molecule has 0 aliphatic carbocycles. The maximum absolute atomic E-state index is 11.8. The molecule has 0 aromatic carbocycles. The molecular formula is C30H56O4. The standard InChI is InChI=1S/C30H56O4/c1-3-5-7-9-10-11-12-13-14-15-16-17-18-19-20-21-22-24-26-33-28-29(27-31)34-30(32)25-23-8-6-4-2/h10-11,13-14,29,31H,3-9,12,15-28H2,1-2H3/b11-10-,14-13-. The normalized spacial score (nSPS) is 12.7. The highest BCUT2D eigenvalue weighted by atomic mass is 16.6. The quantitative estimate of drug-likeness (QED) is 0.0766. The predicted octanol–water partition coefficient (Wildman–Crippen LogP) is 8.47. The van der Waals surface area contributed by atoms with Crippen LogP contribution in [0, 0.1) is 0 Å². The Kier molecular flexibility index (Phi) is 27.2. The number of unbranched alkanes of at least 4 members (excludes halogenated alkanes) is 14. The van der Waals surface area contributed by atoms with E-state index in [2.05, 4.69) is 38.2 Å². The SMILES string of the molecule is CCCCC/C=C\C/C=C\CCCCCCCCCCOCC(CO)OC(=O)CCCCCC. The highest BCUT2D eigenvalue weighted by Gasteiger charge is 2.13. The van der Waals surface area contributed by atoms with Crippen molar-refractivity contribution in [2.24, 2.45) is 0 Å². The maximum atomic E-state index is 11.8. The van der Waals surface area contributed by atoms with Crippen LogP contribution in [0.25, 0.3) is 0 Å². The van der Waals surface area contributed by atoms with E-state index in [1.807, 2.05) is 0 Å². The van der Waals surface area contributed by atoms with Gasteiger partial charge in [-0.25, -0.2) is 0 Å². The van der Waals surface area contributed by atoms with Gasteiger partial charge in [-0.05, 0) is 44.9 Å². The lowest BCUT2D eigenvalue weighted by atomic mass is 10.1. The average molecular weight is 481 g/mol. The van der Waals surface area contributed by atoms with Gasteiger partial charge >= 0.3 is 5.97 Å². The molecule has 0 spiro atoms. The number of hydrogen-bond donors (Lipinski definition) is 1. The molecule has 34 heavy (non-hydrogen) atoms. The van der Waals surface area contributed by atoms with Crippen LogP contribution in [-0.2, 0) is 14.3 Å². The van der Waals surface area contributed by atoms with E-state index in [0.717, 1.165) is 38.5 Å². The fourth-order valence-electron chi connectivity index (χ4n) is 3.83. The zero-order chi connectivity index (χ0) is 25.0. The fourth-order valence-corrected chi connectivity index (χ4v) is 3.83. The summed E-state index contributed by atoms with van der Waals surface area (Å²) >= 11 is 0. The van der Waals surface area contributed by atoms with Crippen LogP contribution < -0.4 is 0 Å². The fraction of sp³-hybridized carbons (Fsp3) is 0.833. The summed E-state index contributed by atoms with van der Waals surface area (Å²) in [6.07, 6.45) is 31.0. The lowest BCUT2D eigenvalue weighted by Gasteiger charge is -2.15. The van der Waals surface area contributed by atoms with Gasteiger partial charge in [0, 0.05) is 13.0 Å². The van der Waals surface area contributed by atoms with Crippen LogP contribution in [0.4, 0.5) is 0 Å². The molecule has 0 bridgehead atoms. The number of rotatable bonds is 26. The summed E-state index contributed by atoms with van der Waals surface area (Å²) in [6, 6.07) is 0. The minimum atomic E-state index is -0.527. The first-order chi connectivity index (χ1) is 16.7. The van der Waals surface area contributed by atoms with Crippen molar-refractivity contribution >= 4 is 5.97 Å². The van der Waals surface area contributed by atoms with Crippen LogP contribution in [-0.4, -0.2) is 37.0 Å². The molecule has 200 valence electrons. The van der Waals surface area contributed by atoms with Crippen LogP contribution in [0.2, 0.25) is 0 Å². The molecule has 0 aromatic rings. The molecule has 0 aliphatic rings. The van der Waals surface area contributed by atoms with Crippen molar-refractivity contribution in [3.63, 3.8) is 0 Å². The van der Waals surface area contributed by atoms with E-state index < -0.39 is 6.10 Å². The molecule has 4 heteroatoms. The Morgan fingerprint density at radius 2 is 1.24 bits per heavy atom. The summed E-state index contributed by atoms with van der Waals surface area (Å²) in [5.74, 6) is -0.222. The molecular weight excluding hydrogens is 424 g/mol. The van der Waals surface area contributed by atoms with Crippen molar-refractivity contribution in [2.45, 2.75) is 142 Å². The van der Waals surface area contributed by atoms with Crippen molar-refractivity contribution in [1.82, 2.24) is 0 Å². The monoisotopic (exact) mass is 480 g/mol. The molecule has 0 saturated heterocycles. The topological polar surface area (TPSA) is 55.8 Å². The third-order valence-electron chi connectivity index (χ3n) is 6.03. The van der Waals surface area contributed by atoms with Gasteiger partial charge in [-0.15, -0.1) is 0 Å². The first-order valence-electron chi connectivity index (χ1n) is 14.4. The van der Waals surface area contributed by atoms with Gasteiger partial charge in [0.25, 0.3) is 0 Å². The van der Waals surface area contributed by atoms with Gasteiger partial charge in [0.2, 0.25) is 0 Å². The maximum Gasteiger partial charge on any atom is 0.306 e. The number of carbonyl (C=O) groups is 1. The summed E-state index contributed by atoms with van der Waals surface area (Å²) in [5.41, 5.74) is 0. The summed E-state index contributed by atoms with van der Waals surface area (Å²) < 4.78 is 10.9. The lowest BCUT2D eigenvalue weighted by Crippen LogP contribution is -2.27. The number of ether oxygens (including phenoxy) is 2. The van der Waals surface area contributed by atoms with Gasteiger partial charge < -0.3 is 14.6 Å². The number of allylic oxidation sites excluding steroid dienone is 4. The van der Waals surface area contributed by atoms with E-state index in [1.54, 1.807) is 0 Å². The number of hydrogen-bond acceptors (Lipinski definition) is 4. The zero-order valence-corrected chi connectivity index (χ0v) is 22.6. The van der Waals surface area contributed by atoms with E-state index in [0.29, 0.717) is 19.6 Å². The highest BCUT2D eigenvalue weighted by molar-refractivity contribution is 5.69. The Balaban J connectivity index is 3.39. The molecule has 0 fully saturated rings. The Morgan fingerprint density at radius 1 is 0.706 bits per heavy atom. The van der Waals surface area contributed by atoms with E-state index in [-0.39, 0.29) is 12.6 Å². The van der Waals surface area contributed by atoms with E-state index in [1.165, 1.54) is 77.0 Å². The van der Waals surface area contributed by atoms with Crippen LogP contribution >= 0.6 is 0 Å². The largest absolute Gasteiger partial charge is 0.457 e. The summed E-state index contributed by atoms with van der Waals surface area (Å²) in [5, 5.41) is 9.38. The highest BCUT2D eigenvalue weighted by Crippen LogP contribution is 2.11. The first-order valence-corrected chi connectivity index (χ1v) is 14.4. The molecule has 1 atom stereocenters. The van der Waals surface area contributed by atoms with Crippen LogP contribution in [0.15, 0.2) is 24.3 Å². The molecule has 0 saturated carbocycles. The van der Waals surface area contributed by atoms with Gasteiger partial charge in [-0.1, -0.05) is 109 Å². The van der Waals surface area contributed by atoms with E-state index in [9.17, 15) is 9.90 Å². The van der Waals surface area contributed by atoms with Crippen LogP contribution in [0.1, 0.15) is 136 Å². The Hall–Kier alpha value is -1.13. The number of carbonyl (C=O) groups excluding carboxylic acids is 1. The van der Waals surface area contributed by atoms with Gasteiger partial charge in [-0.2, -0.15) is 0 Å². The van der Waals surface area contributed by atoms with Crippen molar-refractivity contribution in [2.75, 3.05) is 19.8 Å². The smallest absolute Gasteiger partial charge is 0.306 e. The Morgan fingerprint density at radius 3 is 1.85 bits per heavy atom. The predicted molar refractivity (Wildman–Crippen MR) is 145 cm³/mol. The van der Waals surface area contributed by atoms with Crippen molar-refractivity contribution in [3.05, 3.63) is 24.3 Å². The summed E-state index contributed by atoms with van der Waals surface area (Å²) in [6.45, 7) is 5.19. The van der Waals surface area contributed by atoms with Gasteiger partial charge in [0.05, 0.1) is 13.2 Å². The van der Waals surface area contributed by atoms with Gasteiger partial charge in [-0.3, -0.25) is 4.79 Å². The number of aliphatic hydroxyl groups is 1. The second-order valence-electron chi connectivity index (χ2n) is 9.47. The zero-order valence-electron chi connectivity index (χ0n) is 22.6. The third kappa shape index (κ3) is 25.5. The molecule has 4 nitrogen and oxygen atoms in total. The Bertz CT molecular complexity index is 472. The lowest BCUT2D eigenvalue weighted by molar-refractivity contribution is -0.154. The van der Waals surface area contributed by atoms with Crippen LogP contribution in [0.5, 0.6) is 0 Å². The summed E-state index contributed by atoms with van der Waals surface area (Å²) in [4.78, 5) is 11.8. The molecule has 0 rings (SSSR count). The van der Waals surface area contributed by atoms with Crippen molar-refractivity contribution < 1.29 is 19.4 Å². The van der Waals surface area contributed by atoms with Gasteiger partial charge in [0.15, 0.2) is 0 Å². The van der Waals surface area contributed by atoms with Crippen molar-refractivity contribution in [1.29, 1.82) is 0 Å². The van der Waals surface area contributed by atoms with E-state index >= 15 is 0 Å². The third-order valence-corrected chi connectivity index (χ3v) is 6.03. The molecule has 0 radical (unpaired) electrons. The Labute approximate surface area is 211 Å². The second-order valence-corrected chi connectivity index (χ2v) is 9.47. The van der Waals surface area contributed by atoms with E-state index in [4.69, 9.17) is 9.47 Å². The first kappa shape index (κ1) is 32.9. The molecule has 0 aliphatic heterocycles. The average Bonchev–Trinajstić information content (AvgIpc) is 2.84. The minimum Gasteiger partial charge on any atom is -0.457 e. The van der Waals surface area contributed by atoms with Gasteiger partial charge in [0.1, 0.15) is 6.10 Å². The number of esters is 1.